The summed E-state index contributed by atoms with van der Waals surface area (Å²) in [4.78, 5) is 15.6. The highest BCUT2D eigenvalue weighted by molar-refractivity contribution is 7.99. The lowest BCUT2D eigenvalue weighted by Gasteiger charge is -2.20. The van der Waals surface area contributed by atoms with Gasteiger partial charge in [-0.1, -0.05) is 19.3 Å². The van der Waals surface area contributed by atoms with E-state index in [1.54, 1.807) is 19.2 Å². The third kappa shape index (κ3) is 3.08. The van der Waals surface area contributed by atoms with E-state index >= 15 is 0 Å². The summed E-state index contributed by atoms with van der Waals surface area (Å²) in [5, 5.41) is 1.70. The Labute approximate surface area is 101 Å². The highest BCUT2D eigenvalue weighted by Gasteiger charge is 2.15. The van der Waals surface area contributed by atoms with Crippen molar-refractivity contribution >= 4 is 17.5 Å². The number of aromatic nitrogens is 1. The molecule has 0 unspecified atom stereocenters. The van der Waals surface area contributed by atoms with Crippen LogP contribution in [-0.2, 0) is 0 Å². The molecule has 0 aromatic carbocycles. The summed E-state index contributed by atoms with van der Waals surface area (Å²) in [5.74, 6) is 0.118. The summed E-state index contributed by atoms with van der Waals surface area (Å²) in [6.45, 7) is 1.60. The van der Waals surface area contributed by atoms with E-state index < -0.39 is 0 Å². The zero-order valence-corrected chi connectivity index (χ0v) is 10.4. The zero-order valence-electron chi connectivity index (χ0n) is 9.61. The molecule has 0 radical (unpaired) electrons. The van der Waals surface area contributed by atoms with E-state index in [0.717, 1.165) is 10.6 Å². The summed E-state index contributed by atoms with van der Waals surface area (Å²) in [5.41, 5.74) is 0.772. The van der Waals surface area contributed by atoms with Crippen LogP contribution >= 0.6 is 11.8 Å². The van der Waals surface area contributed by atoms with Crippen LogP contribution in [0.25, 0.3) is 0 Å². The van der Waals surface area contributed by atoms with Gasteiger partial charge in [-0.05, 0) is 31.9 Å². The second-order valence-electron chi connectivity index (χ2n) is 4.32. The largest absolute Gasteiger partial charge is 0.295 e. The van der Waals surface area contributed by atoms with E-state index in [4.69, 9.17) is 0 Å². The Hall–Kier alpha value is -0.830. The van der Waals surface area contributed by atoms with E-state index in [1.165, 1.54) is 32.1 Å². The van der Waals surface area contributed by atoms with Crippen molar-refractivity contribution in [2.75, 3.05) is 0 Å². The number of carbonyl (C=O) groups is 1. The van der Waals surface area contributed by atoms with Gasteiger partial charge in [-0.25, -0.2) is 4.98 Å². The Balaban J connectivity index is 2.02. The van der Waals surface area contributed by atoms with E-state index in [-0.39, 0.29) is 5.78 Å². The first-order chi connectivity index (χ1) is 7.75. The quantitative estimate of drug-likeness (QED) is 0.748. The number of ketones is 1. The van der Waals surface area contributed by atoms with E-state index in [9.17, 15) is 4.79 Å². The standard InChI is InChI=1S/C13H17NOS/c1-10(15)11-7-8-14-13(9-11)16-12-5-3-2-4-6-12/h7-9,12H,2-6H2,1H3. The number of thioether (sulfide) groups is 1. The maximum atomic E-state index is 11.3. The molecule has 3 heteroatoms. The Kier molecular flexibility index (Phi) is 3.99. The van der Waals surface area contributed by atoms with Gasteiger partial charge in [-0.3, -0.25) is 4.79 Å². The first kappa shape index (κ1) is 11.6. The summed E-state index contributed by atoms with van der Waals surface area (Å²) in [6, 6.07) is 3.70. The summed E-state index contributed by atoms with van der Waals surface area (Å²) >= 11 is 1.83. The maximum Gasteiger partial charge on any atom is 0.159 e. The topological polar surface area (TPSA) is 30.0 Å². The molecule has 2 nitrogen and oxygen atoms in total. The summed E-state index contributed by atoms with van der Waals surface area (Å²) in [7, 11) is 0. The molecule has 2 rings (SSSR count). The van der Waals surface area contributed by atoms with Crippen molar-refractivity contribution in [3.63, 3.8) is 0 Å². The highest BCUT2D eigenvalue weighted by Crippen LogP contribution is 2.32. The lowest BCUT2D eigenvalue weighted by atomic mass is 10.0. The molecule has 0 aliphatic heterocycles. The molecule has 86 valence electrons. The molecule has 1 aromatic heterocycles. The maximum absolute atomic E-state index is 11.3. The zero-order chi connectivity index (χ0) is 11.4. The molecule has 1 aliphatic carbocycles. The molecule has 1 aromatic rings. The molecule has 0 N–H and O–H groups in total. The van der Waals surface area contributed by atoms with Crippen LogP contribution in [0.4, 0.5) is 0 Å². The van der Waals surface area contributed by atoms with Gasteiger partial charge >= 0.3 is 0 Å². The average molecular weight is 235 g/mol. The van der Waals surface area contributed by atoms with Crippen LogP contribution in [-0.4, -0.2) is 16.0 Å². The van der Waals surface area contributed by atoms with E-state index in [1.807, 2.05) is 17.8 Å². The van der Waals surface area contributed by atoms with Crippen LogP contribution in [0.3, 0.4) is 0 Å². The molecule has 1 saturated carbocycles. The SMILES string of the molecule is CC(=O)c1ccnc(SC2CCCCC2)c1. The second-order valence-corrected chi connectivity index (χ2v) is 5.64. The van der Waals surface area contributed by atoms with Gasteiger partial charge in [0.05, 0.1) is 5.03 Å². The first-order valence-corrected chi connectivity index (χ1v) is 6.77. The molecular formula is C13H17NOS. The fraction of sp³-hybridized carbons (Fsp3) is 0.538. The van der Waals surface area contributed by atoms with Gasteiger partial charge in [0.1, 0.15) is 0 Å². The first-order valence-electron chi connectivity index (χ1n) is 5.89. The van der Waals surface area contributed by atoms with Crippen LogP contribution < -0.4 is 0 Å². The minimum atomic E-state index is 0.118. The molecule has 16 heavy (non-hydrogen) atoms. The van der Waals surface area contributed by atoms with Gasteiger partial charge in [0.2, 0.25) is 0 Å². The number of Topliss-reactive ketones (excluding diaryl/α,β-unsaturated/α-hetero) is 1. The molecule has 1 fully saturated rings. The lowest BCUT2D eigenvalue weighted by Crippen LogP contribution is -2.08. The number of hydrogen-bond donors (Lipinski definition) is 0. The van der Waals surface area contributed by atoms with Crippen molar-refractivity contribution < 1.29 is 4.79 Å². The molecule has 0 atom stereocenters. The minimum absolute atomic E-state index is 0.118. The number of pyridine rings is 1. The molecular weight excluding hydrogens is 218 g/mol. The molecule has 0 bridgehead atoms. The number of nitrogens with zero attached hydrogens (tertiary/aromatic N) is 1. The smallest absolute Gasteiger partial charge is 0.159 e. The van der Waals surface area contributed by atoms with Crippen molar-refractivity contribution in [3.05, 3.63) is 23.9 Å². The average Bonchev–Trinajstić information content (AvgIpc) is 2.30. The van der Waals surface area contributed by atoms with Gasteiger partial charge in [0.15, 0.2) is 5.78 Å². The predicted molar refractivity (Wildman–Crippen MR) is 67.0 cm³/mol. The molecule has 0 amide bonds. The monoisotopic (exact) mass is 235 g/mol. The van der Waals surface area contributed by atoms with Gasteiger partial charge < -0.3 is 0 Å². The van der Waals surface area contributed by atoms with Crippen LogP contribution in [0.5, 0.6) is 0 Å². The van der Waals surface area contributed by atoms with Gasteiger partial charge in [0, 0.05) is 17.0 Å². The Morgan fingerprint density at radius 2 is 2.12 bits per heavy atom. The van der Waals surface area contributed by atoms with E-state index in [2.05, 4.69) is 4.98 Å². The fourth-order valence-corrected chi connectivity index (χ4v) is 3.27. The third-order valence-electron chi connectivity index (χ3n) is 2.98. The summed E-state index contributed by atoms with van der Waals surface area (Å²) in [6.07, 6.45) is 8.36. The van der Waals surface area contributed by atoms with Crippen molar-refractivity contribution in [2.24, 2.45) is 0 Å². The fourth-order valence-electron chi connectivity index (χ4n) is 2.05. The Morgan fingerprint density at radius 3 is 2.81 bits per heavy atom. The van der Waals surface area contributed by atoms with E-state index in [0.29, 0.717) is 5.25 Å². The molecule has 0 spiro atoms. The predicted octanol–water partition coefficient (Wildman–Crippen LogP) is 3.71. The van der Waals surface area contributed by atoms with Gasteiger partial charge in [-0.2, -0.15) is 0 Å². The minimum Gasteiger partial charge on any atom is -0.295 e. The van der Waals surface area contributed by atoms with Crippen LogP contribution in [0.15, 0.2) is 23.4 Å². The number of hydrogen-bond acceptors (Lipinski definition) is 3. The highest BCUT2D eigenvalue weighted by atomic mass is 32.2. The van der Waals surface area contributed by atoms with Crippen molar-refractivity contribution in [1.29, 1.82) is 0 Å². The Bertz CT molecular complexity index is 372. The van der Waals surface area contributed by atoms with Gasteiger partial charge in [0.25, 0.3) is 0 Å². The van der Waals surface area contributed by atoms with Crippen molar-refractivity contribution in [1.82, 2.24) is 4.98 Å². The normalized spacial score (nSPS) is 17.3. The van der Waals surface area contributed by atoms with Crippen LogP contribution in [0.1, 0.15) is 49.4 Å². The van der Waals surface area contributed by atoms with Crippen LogP contribution in [0, 0.1) is 0 Å². The van der Waals surface area contributed by atoms with Crippen LogP contribution in [0.2, 0.25) is 0 Å². The summed E-state index contributed by atoms with van der Waals surface area (Å²) < 4.78 is 0. The molecule has 0 saturated heterocycles. The molecule has 1 heterocycles. The third-order valence-corrected chi connectivity index (χ3v) is 4.25. The lowest BCUT2D eigenvalue weighted by molar-refractivity contribution is 0.101. The second kappa shape index (κ2) is 5.48. The molecule has 1 aliphatic rings. The number of rotatable bonds is 3. The van der Waals surface area contributed by atoms with Crippen molar-refractivity contribution in [3.8, 4) is 0 Å². The number of carbonyl (C=O) groups excluding carboxylic acids is 1. The van der Waals surface area contributed by atoms with Crippen molar-refractivity contribution in [2.45, 2.75) is 49.3 Å². The van der Waals surface area contributed by atoms with Gasteiger partial charge in [-0.15, -0.1) is 11.8 Å². The Morgan fingerprint density at radius 1 is 1.38 bits per heavy atom.